The highest BCUT2D eigenvalue weighted by atomic mass is 35.5. The van der Waals surface area contributed by atoms with Crippen molar-refractivity contribution in [3.05, 3.63) is 0 Å². The molecule has 0 saturated carbocycles. The average molecular weight is 209 g/mol. The number of hydrogen-bond acceptors (Lipinski definition) is 2. The van der Waals surface area contributed by atoms with E-state index < -0.39 is 0 Å². The number of ether oxygens (including phenoxy) is 2. The SMILES string of the molecule is CCOCCOCCC(C)CCCl. The summed E-state index contributed by atoms with van der Waals surface area (Å²) in [6.45, 7) is 7.20. The fourth-order valence-electron chi connectivity index (χ4n) is 0.979. The van der Waals surface area contributed by atoms with Crippen molar-refractivity contribution in [3.63, 3.8) is 0 Å². The first-order valence-electron chi connectivity index (χ1n) is 5.02. The van der Waals surface area contributed by atoms with Crippen LogP contribution in [0, 0.1) is 5.92 Å². The predicted molar refractivity (Wildman–Crippen MR) is 56.4 cm³/mol. The molecule has 0 bridgehead atoms. The third-order valence-corrected chi connectivity index (χ3v) is 2.15. The van der Waals surface area contributed by atoms with Crippen LogP contribution in [0.1, 0.15) is 26.7 Å². The molecule has 0 aliphatic heterocycles. The van der Waals surface area contributed by atoms with Gasteiger partial charge in [-0.05, 0) is 25.7 Å². The topological polar surface area (TPSA) is 18.5 Å². The summed E-state index contributed by atoms with van der Waals surface area (Å²) < 4.78 is 10.5. The van der Waals surface area contributed by atoms with Crippen LogP contribution in [-0.2, 0) is 9.47 Å². The van der Waals surface area contributed by atoms with E-state index in [0.717, 1.165) is 31.9 Å². The van der Waals surface area contributed by atoms with Crippen LogP contribution in [0.4, 0.5) is 0 Å². The van der Waals surface area contributed by atoms with E-state index >= 15 is 0 Å². The van der Waals surface area contributed by atoms with Crippen LogP contribution in [0.5, 0.6) is 0 Å². The molecule has 1 unspecified atom stereocenters. The highest BCUT2D eigenvalue weighted by Crippen LogP contribution is 2.07. The van der Waals surface area contributed by atoms with Crippen LogP contribution in [0.3, 0.4) is 0 Å². The van der Waals surface area contributed by atoms with E-state index in [9.17, 15) is 0 Å². The molecule has 0 N–H and O–H groups in total. The lowest BCUT2D eigenvalue weighted by atomic mass is 10.1. The molecule has 13 heavy (non-hydrogen) atoms. The lowest BCUT2D eigenvalue weighted by Crippen LogP contribution is -2.07. The van der Waals surface area contributed by atoms with Gasteiger partial charge in [0.1, 0.15) is 0 Å². The Bertz CT molecular complexity index is 98.9. The summed E-state index contributed by atoms with van der Waals surface area (Å²) >= 11 is 5.62. The molecule has 2 nitrogen and oxygen atoms in total. The second-order valence-corrected chi connectivity index (χ2v) is 3.56. The highest BCUT2D eigenvalue weighted by Gasteiger charge is 2.00. The normalized spacial score (nSPS) is 13.2. The number of hydrogen-bond donors (Lipinski definition) is 0. The van der Waals surface area contributed by atoms with E-state index in [-0.39, 0.29) is 0 Å². The highest BCUT2D eigenvalue weighted by molar-refractivity contribution is 6.17. The molecular weight excluding hydrogens is 188 g/mol. The minimum absolute atomic E-state index is 0.671. The van der Waals surface area contributed by atoms with Crippen LogP contribution >= 0.6 is 11.6 Å². The molecule has 0 heterocycles. The molecule has 1 atom stereocenters. The summed E-state index contributed by atoms with van der Waals surface area (Å²) in [6, 6.07) is 0. The predicted octanol–water partition coefficient (Wildman–Crippen LogP) is 2.69. The zero-order valence-electron chi connectivity index (χ0n) is 8.72. The van der Waals surface area contributed by atoms with Gasteiger partial charge in [-0.2, -0.15) is 0 Å². The van der Waals surface area contributed by atoms with Crippen molar-refractivity contribution in [2.45, 2.75) is 26.7 Å². The van der Waals surface area contributed by atoms with Gasteiger partial charge in [-0.25, -0.2) is 0 Å². The molecule has 3 heteroatoms. The summed E-state index contributed by atoms with van der Waals surface area (Å²) in [5.74, 6) is 1.42. The first-order valence-corrected chi connectivity index (χ1v) is 5.56. The van der Waals surface area contributed by atoms with Gasteiger partial charge < -0.3 is 9.47 Å². The molecule has 0 rings (SSSR count). The molecule has 0 aliphatic carbocycles. The van der Waals surface area contributed by atoms with Crippen LogP contribution < -0.4 is 0 Å². The Labute approximate surface area is 86.6 Å². The Balaban J connectivity index is 2.97. The van der Waals surface area contributed by atoms with Crippen molar-refractivity contribution in [2.24, 2.45) is 5.92 Å². The quantitative estimate of drug-likeness (QED) is 0.429. The van der Waals surface area contributed by atoms with Crippen molar-refractivity contribution >= 4 is 11.6 Å². The van der Waals surface area contributed by atoms with Crippen molar-refractivity contribution < 1.29 is 9.47 Å². The maximum absolute atomic E-state index is 5.62. The van der Waals surface area contributed by atoms with Crippen molar-refractivity contribution in [1.29, 1.82) is 0 Å². The van der Waals surface area contributed by atoms with Gasteiger partial charge in [0.2, 0.25) is 0 Å². The van der Waals surface area contributed by atoms with Gasteiger partial charge in [-0.1, -0.05) is 6.92 Å². The van der Waals surface area contributed by atoms with Gasteiger partial charge in [0, 0.05) is 19.1 Å². The van der Waals surface area contributed by atoms with Crippen LogP contribution in [0.15, 0.2) is 0 Å². The zero-order chi connectivity index (χ0) is 9.94. The summed E-state index contributed by atoms with van der Waals surface area (Å²) in [6.07, 6.45) is 2.18. The van der Waals surface area contributed by atoms with E-state index in [1.165, 1.54) is 0 Å². The zero-order valence-corrected chi connectivity index (χ0v) is 9.48. The van der Waals surface area contributed by atoms with E-state index in [1.807, 2.05) is 6.92 Å². The summed E-state index contributed by atoms with van der Waals surface area (Å²) in [4.78, 5) is 0. The molecule has 0 amide bonds. The Morgan fingerprint density at radius 1 is 1.08 bits per heavy atom. The van der Waals surface area contributed by atoms with Gasteiger partial charge in [-0.3, -0.25) is 0 Å². The van der Waals surface area contributed by atoms with E-state index in [4.69, 9.17) is 21.1 Å². The van der Waals surface area contributed by atoms with Gasteiger partial charge in [0.25, 0.3) is 0 Å². The van der Waals surface area contributed by atoms with Gasteiger partial charge in [0.05, 0.1) is 13.2 Å². The minimum Gasteiger partial charge on any atom is -0.379 e. The lowest BCUT2D eigenvalue weighted by Gasteiger charge is -2.09. The fraction of sp³-hybridized carbons (Fsp3) is 1.00. The third-order valence-electron chi connectivity index (χ3n) is 1.93. The molecule has 0 spiro atoms. The number of alkyl halides is 1. The van der Waals surface area contributed by atoms with Crippen molar-refractivity contribution in [1.82, 2.24) is 0 Å². The Kier molecular flexibility index (Phi) is 10.5. The summed E-state index contributed by atoms with van der Waals surface area (Å²) in [5.41, 5.74) is 0. The number of halogens is 1. The molecule has 0 fully saturated rings. The Morgan fingerprint density at radius 2 is 1.77 bits per heavy atom. The van der Waals surface area contributed by atoms with Crippen molar-refractivity contribution in [2.75, 3.05) is 32.3 Å². The van der Waals surface area contributed by atoms with Crippen LogP contribution in [0.25, 0.3) is 0 Å². The lowest BCUT2D eigenvalue weighted by molar-refractivity contribution is 0.0480. The standard InChI is InChI=1S/C10H21ClO2/c1-3-12-8-9-13-7-5-10(2)4-6-11/h10H,3-9H2,1-2H3. The van der Waals surface area contributed by atoms with E-state index in [2.05, 4.69) is 6.92 Å². The Hall–Kier alpha value is 0.210. The van der Waals surface area contributed by atoms with Gasteiger partial charge in [-0.15, -0.1) is 11.6 Å². The largest absolute Gasteiger partial charge is 0.379 e. The summed E-state index contributed by atoms with van der Waals surface area (Å²) in [5, 5.41) is 0. The van der Waals surface area contributed by atoms with Crippen LogP contribution in [0.2, 0.25) is 0 Å². The Morgan fingerprint density at radius 3 is 2.38 bits per heavy atom. The first-order chi connectivity index (χ1) is 6.31. The molecule has 0 saturated heterocycles. The summed E-state index contributed by atoms with van der Waals surface area (Å²) in [7, 11) is 0. The molecular formula is C10H21ClO2. The molecule has 0 aromatic carbocycles. The second-order valence-electron chi connectivity index (χ2n) is 3.18. The minimum atomic E-state index is 0.671. The molecule has 80 valence electrons. The maximum atomic E-state index is 5.62. The molecule has 0 aromatic heterocycles. The van der Waals surface area contributed by atoms with Crippen LogP contribution in [-0.4, -0.2) is 32.3 Å². The maximum Gasteiger partial charge on any atom is 0.0700 e. The number of rotatable bonds is 9. The second kappa shape index (κ2) is 10.3. The molecule has 0 radical (unpaired) electrons. The van der Waals surface area contributed by atoms with Crippen molar-refractivity contribution in [3.8, 4) is 0 Å². The monoisotopic (exact) mass is 208 g/mol. The fourth-order valence-corrected chi connectivity index (χ4v) is 1.35. The molecule has 0 aliphatic rings. The average Bonchev–Trinajstić information content (AvgIpc) is 2.11. The van der Waals surface area contributed by atoms with Gasteiger partial charge >= 0.3 is 0 Å². The first kappa shape index (κ1) is 13.2. The van der Waals surface area contributed by atoms with E-state index in [1.54, 1.807) is 0 Å². The smallest absolute Gasteiger partial charge is 0.0700 e. The third kappa shape index (κ3) is 10.1. The molecule has 0 aromatic rings. The van der Waals surface area contributed by atoms with E-state index in [0.29, 0.717) is 19.1 Å². The van der Waals surface area contributed by atoms with Gasteiger partial charge in [0.15, 0.2) is 0 Å².